The number of hydrogen-bond acceptors (Lipinski definition) is 3. The van der Waals surface area contributed by atoms with Crippen molar-refractivity contribution in [1.29, 1.82) is 0 Å². The van der Waals surface area contributed by atoms with Crippen LogP contribution in [0.15, 0.2) is 18.2 Å². The Labute approximate surface area is 128 Å². The number of carboxylic acids is 1. The number of rotatable bonds is 5. The zero-order valence-electron chi connectivity index (χ0n) is 12.6. The van der Waals surface area contributed by atoms with Crippen LogP contribution in [0.4, 0.5) is 0 Å². The van der Waals surface area contributed by atoms with Crippen LogP contribution in [0.2, 0.25) is 0 Å². The number of carboxylic acid groups (broad SMARTS) is 1. The molecule has 1 N–H and O–H groups in total. The maximum Gasteiger partial charge on any atom is 0.335 e. The molecule has 0 amide bonds. The second-order valence-electron chi connectivity index (χ2n) is 6.30. The third-order valence-electron chi connectivity index (χ3n) is 4.06. The molecule has 5 heteroatoms. The number of thioether (sulfide) groups is 1. The standard InChI is InChI=1S/C16H20N2O2S/c1-16(2,21-3)9-18-13-7-6-11(15(19)20)8-12(13)17-14(18)10-4-5-10/h6-8,10H,4-5,9H2,1-3H3,(H,19,20). The summed E-state index contributed by atoms with van der Waals surface area (Å²) in [4.78, 5) is 15.8. The molecule has 1 aliphatic rings. The van der Waals surface area contributed by atoms with Gasteiger partial charge in [0.15, 0.2) is 0 Å². The number of aromatic nitrogens is 2. The summed E-state index contributed by atoms with van der Waals surface area (Å²) in [6.07, 6.45) is 4.50. The normalized spacial score (nSPS) is 15.6. The molecule has 2 aromatic rings. The largest absolute Gasteiger partial charge is 0.478 e. The number of nitrogens with zero attached hydrogens (tertiary/aromatic N) is 2. The highest BCUT2D eigenvalue weighted by Gasteiger charge is 2.31. The van der Waals surface area contributed by atoms with Gasteiger partial charge in [-0.1, -0.05) is 0 Å². The lowest BCUT2D eigenvalue weighted by atomic mass is 10.1. The first kappa shape index (κ1) is 14.4. The fourth-order valence-corrected chi connectivity index (χ4v) is 2.80. The van der Waals surface area contributed by atoms with Crippen molar-refractivity contribution in [1.82, 2.24) is 9.55 Å². The van der Waals surface area contributed by atoms with Gasteiger partial charge in [0.1, 0.15) is 5.82 Å². The van der Waals surface area contributed by atoms with Gasteiger partial charge >= 0.3 is 5.97 Å². The van der Waals surface area contributed by atoms with Crippen LogP contribution in [0.1, 0.15) is 48.8 Å². The maximum absolute atomic E-state index is 11.1. The van der Waals surface area contributed by atoms with Gasteiger partial charge in [-0.3, -0.25) is 0 Å². The van der Waals surface area contributed by atoms with Crippen LogP contribution in [0.3, 0.4) is 0 Å². The van der Waals surface area contributed by atoms with Gasteiger partial charge in [-0.2, -0.15) is 11.8 Å². The van der Waals surface area contributed by atoms with Gasteiger partial charge in [0.2, 0.25) is 0 Å². The summed E-state index contributed by atoms with van der Waals surface area (Å²) in [6.45, 7) is 5.35. The number of carbonyl (C=O) groups is 1. The molecule has 1 heterocycles. The van der Waals surface area contributed by atoms with Gasteiger partial charge in [-0.15, -0.1) is 0 Å². The minimum Gasteiger partial charge on any atom is -0.478 e. The topological polar surface area (TPSA) is 55.1 Å². The van der Waals surface area contributed by atoms with E-state index in [-0.39, 0.29) is 4.75 Å². The number of imidazole rings is 1. The average molecular weight is 304 g/mol. The first-order valence-electron chi connectivity index (χ1n) is 7.20. The number of benzene rings is 1. The summed E-state index contributed by atoms with van der Waals surface area (Å²) in [5.74, 6) is 0.766. The van der Waals surface area contributed by atoms with E-state index in [2.05, 4.69) is 24.7 Å². The summed E-state index contributed by atoms with van der Waals surface area (Å²) in [5, 5.41) is 9.13. The quantitative estimate of drug-likeness (QED) is 0.914. The minimum absolute atomic E-state index is 0.128. The highest BCUT2D eigenvalue weighted by atomic mass is 32.2. The van der Waals surface area contributed by atoms with E-state index in [4.69, 9.17) is 10.1 Å². The second-order valence-corrected chi connectivity index (χ2v) is 7.82. The molecule has 3 rings (SSSR count). The Morgan fingerprint density at radius 1 is 1.48 bits per heavy atom. The van der Waals surface area contributed by atoms with Crippen LogP contribution < -0.4 is 0 Å². The highest BCUT2D eigenvalue weighted by Crippen LogP contribution is 2.41. The number of hydrogen-bond donors (Lipinski definition) is 1. The Bertz CT molecular complexity index is 702. The summed E-state index contributed by atoms with van der Waals surface area (Å²) < 4.78 is 2.41. The molecule has 0 unspecified atom stereocenters. The Morgan fingerprint density at radius 2 is 2.19 bits per heavy atom. The second kappa shape index (κ2) is 5.05. The third kappa shape index (κ3) is 2.79. The lowest BCUT2D eigenvalue weighted by Gasteiger charge is -2.24. The van der Waals surface area contributed by atoms with Crippen molar-refractivity contribution in [2.45, 2.75) is 43.9 Å². The van der Waals surface area contributed by atoms with E-state index in [1.54, 1.807) is 12.1 Å². The summed E-state index contributed by atoms with van der Waals surface area (Å²) >= 11 is 1.84. The van der Waals surface area contributed by atoms with Crippen molar-refractivity contribution in [3.8, 4) is 0 Å². The molecule has 1 aliphatic carbocycles. The number of aromatic carboxylic acids is 1. The van der Waals surface area contributed by atoms with E-state index >= 15 is 0 Å². The zero-order valence-corrected chi connectivity index (χ0v) is 13.4. The van der Waals surface area contributed by atoms with E-state index in [1.165, 1.54) is 12.8 Å². The fourth-order valence-electron chi connectivity index (χ4n) is 2.55. The van der Waals surface area contributed by atoms with Crippen molar-refractivity contribution in [2.75, 3.05) is 6.26 Å². The monoisotopic (exact) mass is 304 g/mol. The van der Waals surface area contributed by atoms with Crippen LogP contribution in [0, 0.1) is 0 Å². The van der Waals surface area contributed by atoms with Crippen LogP contribution >= 0.6 is 11.8 Å². The van der Waals surface area contributed by atoms with Crippen molar-refractivity contribution >= 4 is 28.8 Å². The molecule has 0 saturated heterocycles. The lowest BCUT2D eigenvalue weighted by Crippen LogP contribution is -2.23. The van der Waals surface area contributed by atoms with E-state index in [0.29, 0.717) is 11.5 Å². The first-order valence-corrected chi connectivity index (χ1v) is 8.42. The molecular formula is C16H20N2O2S. The molecule has 112 valence electrons. The molecule has 1 aromatic carbocycles. The van der Waals surface area contributed by atoms with Crippen LogP contribution in [0.25, 0.3) is 11.0 Å². The van der Waals surface area contributed by atoms with Gasteiger partial charge in [0, 0.05) is 17.2 Å². The Balaban J connectivity index is 2.11. The first-order chi connectivity index (χ1) is 9.91. The SMILES string of the molecule is CSC(C)(C)Cn1c(C2CC2)nc2cc(C(=O)O)ccc21. The molecule has 4 nitrogen and oxygen atoms in total. The Kier molecular flexibility index (Phi) is 3.48. The molecule has 21 heavy (non-hydrogen) atoms. The molecule has 0 atom stereocenters. The van der Waals surface area contributed by atoms with Crippen molar-refractivity contribution in [3.05, 3.63) is 29.6 Å². The predicted octanol–water partition coefficient (Wildman–Crippen LogP) is 3.75. The Hall–Kier alpha value is -1.49. The molecular weight excluding hydrogens is 284 g/mol. The Morgan fingerprint density at radius 3 is 2.76 bits per heavy atom. The summed E-state index contributed by atoms with van der Waals surface area (Å²) in [6, 6.07) is 5.26. The van der Waals surface area contributed by atoms with Crippen LogP contribution in [-0.2, 0) is 6.54 Å². The molecule has 0 spiro atoms. The van der Waals surface area contributed by atoms with E-state index < -0.39 is 5.97 Å². The van der Waals surface area contributed by atoms with Gasteiger partial charge in [-0.25, -0.2) is 9.78 Å². The summed E-state index contributed by atoms with van der Waals surface area (Å²) in [7, 11) is 0. The molecule has 1 saturated carbocycles. The average Bonchev–Trinajstić information content (AvgIpc) is 3.22. The maximum atomic E-state index is 11.1. The third-order valence-corrected chi connectivity index (χ3v) is 5.29. The van der Waals surface area contributed by atoms with Crippen molar-refractivity contribution < 1.29 is 9.90 Å². The minimum atomic E-state index is -0.899. The summed E-state index contributed by atoms with van der Waals surface area (Å²) in [5.41, 5.74) is 2.15. The van der Waals surface area contributed by atoms with Gasteiger partial charge in [0.25, 0.3) is 0 Å². The van der Waals surface area contributed by atoms with E-state index in [1.807, 2.05) is 17.8 Å². The van der Waals surface area contributed by atoms with Crippen molar-refractivity contribution in [3.63, 3.8) is 0 Å². The molecule has 1 aromatic heterocycles. The fraction of sp³-hybridized carbons (Fsp3) is 0.500. The van der Waals surface area contributed by atoms with Gasteiger partial charge < -0.3 is 9.67 Å². The molecule has 1 fully saturated rings. The lowest BCUT2D eigenvalue weighted by molar-refractivity contribution is 0.0697. The molecule has 0 radical (unpaired) electrons. The molecule has 0 bridgehead atoms. The zero-order chi connectivity index (χ0) is 15.2. The predicted molar refractivity (Wildman–Crippen MR) is 86.3 cm³/mol. The van der Waals surface area contributed by atoms with Crippen LogP contribution in [0.5, 0.6) is 0 Å². The van der Waals surface area contributed by atoms with Gasteiger partial charge in [-0.05, 0) is 51.1 Å². The van der Waals surface area contributed by atoms with E-state index in [0.717, 1.165) is 23.4 Å². The van der Waals surface area contributed by atoms with Crippen LogP contribution in [-0.4, -0.2) is 31.6 Å². The van der Waals surface area contributed by atoms with Gasteiger partial charge in [0.05, 0.1) is 16.6 Å². The number of fused-ring (bicyclic) bond motifs is 1. The smallest absolute Gasteiger partial charge is 0.335 e. The molecule has 0 aliphatic heterocycles. The highest BCUT2D eigenvalue weighted by molar-refractivity contribution is 7.99. The van der Waals surface area contributed by atoms with Crippen molar-refractivity contribution in [2.24, 2.45) is 0 Å². The van der Waals surface area contributed by atoms with E-state index in [9.17, 15) is 4.79 Å².